The van der Waals surface area contributed by atoms with Crippen LogP contribution in [0.25, 0.3) is 5.65 Å². The van der Waals surface area contributed by atoms with E-state index in [0.717, 1.165) is 17.1 Å². The van der Waals surface area contributed by atoms with Gasteiger partial charge in [-0.3, -0.25) is 4.79 Å². The number of imidazole rings is 1. The molecule has 130 valence electrons. The van der Waals surface area contributed by atoms with Gasteiger partial charge < -0.3 is 14.0 Å². The van der Waals surface area contributed by atoms with E-state index in [1.54, 1.807) is 4.90 Å². The van der Waals surface area contributed by atoms with E-state index in [4.69, 9.17) is 4.74 Å². The molecule has 25 heavy (non-hydrogen) atoms. The van der Waals surface area contributed by atoms with Gasteiger partial charge in [-0.2, -0.15) is 0 Å². The molecule has 0 aliphatic rings. The molecule has 0 N–H and O–H groups in total. The molecule has 1 aromatic carbocycles. The van der Waals surface area contributed by atoms with E-state index in [2.05, 4.69) is 11.9 Å². The Hall–Kier alpha value is -2.82. The minimum atomic E-state index is 0.0484. The molecule has 0 fully saturated rings. The Morgan fingerprint density at radius 2 is 1.80 bits per heavy atom. The van der Waals surface area contributed by atoms with Crippen LogP contribution in [0, 0.1) is 6.92 Å². The van der Waals surface area contributed by atoms with E-state index in [1.807, 2.05) is 67.0 Å². The van der Waals surface area contributed by atoms with Crippen molar-refractivity contribution < 1.29 is 9.53 Å². The van der Waals surface area contributed by atoms with E-state index in [9.17, 15) is 4.79 Å². The smallest absolute Gasteiger partial charge is 0.253 e. The molecule has 0 radical (unpaired) electrons. The summed E-state index contributed by atoms with van der Waals surface area (Å²) >= 11 is 0. The van der Waals surface area contributed by atoms with Crippen molar-refractivity contribution in [2.24, 2.45) is 0 Å². The number of carbonyl (C=O) groups excluding carboxylic acids is 1. The van der Waals surface area contributed by atoms with Crippen molar-refractivity contribution in [3.8, 4) is 5.75 Å². The van der Waals surface area contributed by atoms with Crippen LogP contribution in [0.5, 0.6) is 5.75 Å². The third kappa shape index (κ3) is 3.82. The van der Waals surface area contributed by atoms with Gasteiger partial charge in [0, 0.05) is 31.0 Å². The molecule has 3 rings (SSSR count). The molecular formula is C20H23N3O2. The Morgan fingerprint density at radius 1 is 1.08 bits per heavy atom. The molecule has 0 bridgehead atoms. The number of hydrogen-bond acceptors (Lipinski definition) is 3. The largest absolute Gasteiger partial charge is 0.487 e. The van der Waals surface area contributed by atoms with Crippen LogP contribution in [-0.2, 0) is 6.61 Å². The summed E-state index contributed by atoms with van der Waals surface area (Å²) in [6.07, 6.45) is 4.01. The van der Waals surface area contributed by atoms with Crippen molar-refractivity contribution >= 4 is 11.6 Å². The number of amides is 1. The number of ether oxygens (including phenoxy) is 1. The second kappa shape index (κ2) is 7.38. The Balaban J connectivity index is 1.65. The molecule has 0 atom stereocenters. The second-order valence-electron chi connectivity index (χ2n) is 5.99. The Morgan fingerprint density at radius 3 is 2.48 bits per heavy atom. The zero-order valence-corrected chi connectivity index (χ0v) is 14.9. The first-order valence-corrected chi connectivity index (χ1v) is 8.57. The molecule has 3 aromatic rings. The molecule has 0 aliphatic carbocycles. The maximum Gasteiger partial charge on any atom is 0.253 e. The lowest BCUT2D eigenvalue weighted by atomic mass is 10.2. The summed E-state index contributed by atoms with van der Waals surface area (Å²) in [5, 5.41) is 0. The molecule has 2 aromatic heterocycles. The molecule has 2 heterocycles. The first-order chi connectivity index (χ1) is 12.1. The number of fused-ring (bicyclic) bond motifs is 1. The number of rotatable bonds is 6. The molecular weight excluding hydrogens is 314 g/mol. The Kier molecular flexibility index (Phi) is 5.03. The van der Waals surface area contributed by atoms with E-state index in [-0.39, 0.29) is 5.91 Å². The van der Waals surface area contributed by atoms with Crippen molar-refractivity contribution in [3.63, 3.8) is 0 Å². The van der Waals surface area contributed by atoms with Gasteiger partial charge in [0.1, 0.15) is 18.0 Å². The van der Waals surface area contributed by atoms with Gasteiger partial charge in [-0.25, -0.2) is 4.98 Å². The molecule has 5 nitrogen and oxygen atoms in total. The number of benzene rings is 1. The summed E-state index contributed by atoms with van der Waals surface area (Å²) in [5.74, 6) is 0.775. The molecule has 0 spiro atoms. The van der Waals surface area contributed by atoms with Crippen molar-refractivity contribution in [1.29, 1.82) is 0 Å². The summed E-state index contributed by atoms with van der Waals surface area (Å²) in [4.78, 5) is 18.6. The summed E-state index contributed by atoms with van der Waals surface area (Å²) < 4.78 is 7.80. The maximum atomic E-state index is 12.3. The minimum absolute atomic E-state index is 0.0484. The molecule has 0 unspecified atom stereocenters. The van der Waals surface area contributed by atoms with Crippen LogP contribution in [0.15, 0.2) is 48.8 Å². The highest BCUT2D eigenvalue weighted by Gasteiger charge is 2.12. The highest BCUT2D eigenvalue weighted by molar-refractivity contribution is 5.94. The zero-order chi connectivity index (χ0) is 17.8. The standard InChI is InChI=1S/C20H23N3O2/c1-4-22(5-2)20(24)16-7-9-18(10-8-16)25-14-17-13-23-12-15(3)6-11-19(23)21-17/h6-13H,4-5,14H2,1-3H3. The lowest BCUT2D eigenvalue weighted by Gasteiger charge is -2.18. The number of aromatic nitrogens is 2. The van der Waals surface area contributed by atoms with E-state index in [1.165, 1.54) is 5.56 Å². The van der Waals surface area contributed by atoms with Gasteiger partial charge >= 0.3 is 0 Å². The number of pyridine rings is 1. The van der Waals surface area contributed by atoms with Crippen molar-refractivity contribution in [1.82, 2.24) is 14.3 Å². The van der Waals surface area contributed by atoms with Crippen LogP contribution in [0.2, 0.25) is 0 Å². The van der Waals surface area contributed by atoms with E-state index in [0.29, 0.717) is 25.3 Å². The fourth-order valence-corrected chi connectivity index (χ4v) is 2.77. The van der Waals surface area contributed by atoms with Gasteiger partial charge in [0.25, 0.3) is 5.91 Å². The monoisotopic (exact) mass is 337 g/mol. The van der Waals surface area contributed by atoms with Gasteiger partial charge in [0.15, 0.2) is 0 Å². The summed E-state index contributed by atoms with van der Waals surface area (Å²) in [5.41, 5.74) is 3.64. The fourth-order valence-electron chi connectivity index (χ4n) is 2.77. The van der Waals surface area contributed by atoms with Gasteiger partial charge in [-0.05, 0) is 56.7 Å². The molecule has 0 saturated carbocycles. The van der Waals surface area contributed by atoms with Crippen LogP contribution in [-0.4, -0.2) is 33.3 Å². The first kappa shape index (κ1) is 17.0. The summed E-state index contributed by atoms with van der Waals surface area (Å²) in [7, 11) is 0. The molecule has 1 amide bonds. The second-order valence-corrected chi connectivity index (χ2v) is 5.99. The van der Waals surface area contributed by atoms with Gasteiger partial charge in [-0.1, -0.05) is 6.07 Å². The van der Waals surface area contributed by atoms with Crippen LogP contribution in [0.3, 0.4) is 0 Å². The quantitative estimate of drug-likeness (QED) is 0.689. The van der Waals surface area contributed by atoms with Crippen LogP contribution in [0.4, 0.5) is 0 Å². The van der Waals surface area contributed by atoms with Crippen LogP contribution < -0.4 is 4.74 Å². The van der Waals surface area contributed by atoms with Crippen LogP contribution in [0.1, 0.15) is 35.5 Å². The molecule has 0 aliphatic heterocycles. The first-order valence-electron chi connectivity index (χ1n) is 8.57. The number of hydrogen-bond donors (Lipinski definition) is 0. The number of carbonyl (C=O) groups is 1. The van der Waals surface area contributed by atoms with Gasteiger partial charge in [0.05, 0.1) is 5.69 Å². The molecule has 0 saturated heterocycles. The third-order valence-electron chi connectivity index (χ3n) is 4.19. The van der Waals surface area contributed by atoms with Crippen molar-refractivity contribution in [3.05, 3.63) is 65.6 Å². The highest BCUT2D eigenvalue weighted by Crippen LogP contribution is 2.16. The van der Waals surface area contributed by atoms with Crippen molar-refractivity contribution in [2.45, 2.75) is 27.4 Å². The lowest BCUT2D eigenvalue weighted by Crippen LogP contribution is -2.30. The topological polar surface area (TPSA) is 46.8 Å². The highest BCUT2D eigenvalue weighted by atomic mass is 16.5. The summed E-state index contributed by atoms with van der Waals surface area (Å²) in [6.45, 7) is 7.83. The minimum Gasteiger partial charge on any atom is -0.487 e. The third-order valence-corrected chi connectivity index (χ3v) is 4.19. The zero-order valence-electron chi connectivity index (χ0n) is 14.9. The van der Waals surface area contributed by atoms with Gasteiger partial charge in [0.2, 0.25) is 0 Å². The molecule has 5 heteroatoms. The van der Waals surface area contributed by atoms with E-state index >= 15 is 0 Å². The Labute approximate surface area is 147 Å². The average Bonchev–Trinajstić information content (AvgIpc) is 3.03. The number of aryl methyl sites for hydroxylation is 1. The lowest BCUT2D eigenvalue weighted by molar-refractivity contribution is 0.0773. The maximum absolute atomic E-state index is 12.3. The number of nitrogens with zero attached hydrogens (tertiary/aromatic N) is 3. The predicted octanol–water partition coefficient (Wildman–Crippen LogP) is 3.70. The van der Waals surface area contributed by atoms with Crippen LogP contribution >= 0.6 is 0 Å². The van der Waals surface area contributed by atoms with Crippen molar-refractivity contribution in [2.75, 3.05) is 13.1 Å². The summed E-state index contributed by atoms with van der Waals surface area (Å²) in [6, 6.07) is 11.3. The fraction of sp³-hybridized carbons (Fsp3) is 0.300. The predicted molar refractivity (Wildman–Crippen MR) is 98.0 cm³/mol. The SMILES string of the molecule is CCN(CC)C(=O)c1ccc(OCc2cn3cc(C)ccc3n2)cc1. The van der Waals surface area contributed by atoms with E-state index < -0.39 is 0 Å². The van der Waals surface area contributed by atoms with Gasteiger partial charge in [-0.15, -0.1) is 0 Å². The normalized spacial score (nSPS) is 10.8. The average molecular weight is 337 g/mol. The Bertz CT molecular complexity index is 864.